The highest BCUT2D eigenvalue weighted by atomic mass is 19.1. The van der Waals surface area contributed by atoms with Crippen LogP contribution >= 0.6 is 0 Å². The summed E-state index contributed by atoms with van der Waals surface area (Å²) in [4.78, 5) is 21.9. The van der Waals surface area contributed by atoms with Gasteiger partial charge in [0, 0.05) is 0 Å². The molecule has 1 atom stereocenters. The Bertz CT molecular complexity index is 396. The summed E-state index contributed by atoms with van der Waals surface area (Å²) in [6.45, 7) is -0.387. The molecule has 0 radical (unpaired) electrons. The molecule has 0 bridgehead atoms. The highest BCUT2D eigenvalue weighted by Gasteiger charge is 2.18. The van der Waals surface area contributed by atoms with Gasteiger partial charge in [-0.2, -0.15) is 0 Å². The van der Waals surface area contributed by atoms with E-state index in [9.17, 15) is 14.0 Å². The molecule has 0 heterocycles. The smallest absolute Gasteiger partial charge is 0.407 e. The number of ether oxygens (including phenoxy) is 2. The third kappa shape index (κ3) is 4.82. The van der Waals surface area contributed by atoms with Crippen LogP contribution in [0.15, 0.2) is 30.3 Å². The molecule has 0 unspecified atom stereocenters. The van der Waals surface area contributed by atoms with Crippen molar-refractivity contribution >= 4 is 12.1 Å². The highest BCUT2D eigenvalue weighted by Crippen LogP contribution is 2.00. The summed E-state index contributed by atoms with van der Waals surface area (Å²) in [5.74, 6) is -1.03. The fourth-order valence-electron chi connectivity index (χ4n) is 1.16. The summed E-state index contributed by atoms with van der Waals surface area (Å²) in [6, 6.07) is 9.05. The lowest BCUT2D eigenvalue weighted by atomic mass is 10.2. The van der Waals surface area contributed by atoms with Gasteiger partial charge in [0.15, 0.2) is 0 Å². The van der Waals surface area contributed by atoms with Crippen LogP contribution < -0.4 is 5.32 Å². The van der Waals surface area contributed by atoms with Crippen LogP contribution in [-0.2, 0) is 20.9 Å². The number of hydrogen-bond acceptors (Lipinski definition) is 4. The van der Waals surface area contributed by atoms with Crippen LogP contribution in [0.4, 0.5) is 9.18 Å². The molecule has 0 aliphatic heterocycles. The summed E-state index contributed by atoms with van der Waals surface area (Å²) >= 11 is 0. The number of esters is 1. The van der Waals surface area contributed by atoms with E-state index >= 15 is 0 Å². The zero-order chi connectivity index (χ0) is 13.4. The van der Waals surface area contributed by atoms with Gasteiger partial charge in [0.2, 0.25) is 6.17 Å². The zero-order valence-electron chi connectivity index (χ0n) is 9.89. The van der Waals surface area contributed by atoms with Crippen molar-refractivity contribution in [3.05, 3.63) is 35.9 Å². The largest absolute Gasteiger partial charge is 0.467 e. The molecule has 18 heavy (non-hydrogen) atoms. The molecule has 1 N–H and O–H groups in total. The van der Waals surface area contributed by atoms with Crippen molar-refractivity contribution in [2.45, 2.75) is 12.8 Å². The van der Waals surface area contributed by atoms with E-state index < -0.39 is 24.8 Å². The molecule has 5 nitrogen and oxygen atoms in total. The van der Waals surface area contributed by atoms with Crippen LogP contribution in [0.25, 0.3) is 0 Å². The summed E-state index contributed by atoms with van der Waals surface area (Å²) < 4.78 is 22.0. The first-order valence-electron chi connectivity index (χ1n) is 5.30. The number of alkyl halides is 1. The van der Waals surface area contributed by atoms with Gasteiger partial charge in [-0.1, -0.05) is 30.3 Å². The molecule has 0 spiro atoms. The van der Waals surface area contributed by atoms with Gasteiger partial charge in [-0.25, -0.2) is 14.0 Å². The lowest BCUT2D eigenvalue weighted by Crippen LogP contribution is -2.35. The molecular weight excluding hydrogens is 241 g/mol. The minimum atomic E-state index is -1.89. The lowest BCUT2D eigenvalue weighted by molar-refractivity contribution is -0.146. The zero-order valence-corrected chi connectivity index (χ0v) is 9.89. The van der Waals surface area contributed by atoms with E-state index in [-0.39, 0.29) is 6.61 Å². The first kappa shape index (κ1) is 14.0. The lowest BCUT2D eigenvalue weighted by Gasteiger charge is -2.08. The average molecular weight is 255 g/mol. The van der Waals surface area contributed by atoms with Crippen LogP contribution in [-0.4, -0.2) is 31.9 Å². The van der Waals surface area contributed by atoms with Gasteiger partial charge in [0.1, 0.15) is 6.61 Å². The molecule has 6 heteroatoms. The number of amides is 1. The monoisotopic (exact) mass is 255 g/mol. The van der Waals surface area contributed by atoms with E-state index in [0.29, 0.717) is 0 Å². The summed E-state index contributed by atoms with van der Waals surface area (Å²) in [5.41, 5.74) is 0.817. The van der Waals surface area contributed by atoms with E-state index in [1.807, 2.05) is 18.2 Å². The van der Waals surface area contributed by atoms with Gasteiger partial charge < -0.3 is 14.8 Å². The summed E-state index contributed by atoms with van der Waals surface area (Å²) in [6.07, 6.45) is -2.68. The van der Waals surface area contributed by atoms with Crippen molar-refractivity contribution in [2.75, 3.05) is 13.7 Å². The second-order valence-electron chi connectivity index (χ2n) is 3.43. The maximum atomic E-state index is 13.0. The Hall–Kier alpha value is -2.11. The van der Waals surface area contributed by atoms with Crippen LogP contribution in [0.5, 0.6) is 0 Å². The SMILES string of the molecule is COC(=O)[C@H](F)CNC(=O)OCc1ccccc1. The molecule has 0 fully saturated rings. The van der Waals surface area contributed by atoms with Crippen LogP contribution in [0, 0.1) is 0 Å². The number of carbonyl (C=O) groups excluding carboxylic acids is 2. The second-order valence-corrected chi connectivity index (χ2v) is 3.43. The molecule has 0 saturated heterocycles. The molecule has 0 aliphatic carbocycles. The number of halogens is 1. The Morgan fingerprint density at radius 2 is 2.00 bits per heavy atom. The summed E-state index contributed by atoms with van der Waals surface area (Å²) in [5, 5.41) is 2.13. The molecule has 0 aliphatic rings. The molecule has 1 rings (SSSR count). The van der Waals surface area contributed by atoms with Gasteiger partial charge in [0.25, 0.3) is 0 Å². The third-order valence-electron chi connectivity index (χ3n) is 2.10. The number of benzene rings is 1. The van der Waals surface area contributed by atoms with Gasteiger partial charge in [-0.3, -0.25) is 0 Å². The van der Waals surface area contributed by atoms with Gasteiger partial charge >= 0.3 is 12.1 Å². The second kappa shape index (κ2) is 7.26. The Balaban J connectivity index is 2.24. The molecule has 0 aromatic heterocycles. The molecule has 1 aromatic rings. The number of nitrogens with one attached hydrogen (secondary N) is 1. The first-order valence-corrected chi connectivity index (χ1v) is 5.30. The van der Waals surface area contributed by atoms with Gasteiger partial charge in [-0.15, -0.1) is 0 Å². The maximum absolute atomic E-state index is 13.0. The van der Waals surface area contributed by atoms with E-state index in [2.05, 4.69) is 10.1 Å². The minimum absolute atomic E-state index is 0.0852. The van der Waals surface area contributed by atoms with Crippen molar-refractivity contribution in [3.8, 4) is 0 Å². The van der Waals surface area contributed by atoms with Crippen LogP contribution in [0.2, 0.25) is 0 Å². The van der Waals surface area contributed by atoms with Crippen molar-refractivity contribution in [1.82, 2.24) is 5.32 Å². The Morgan fingerprint density at radius 1 is 1.33 bits per heavy atom. The topological polar surface area (TPSA) is 64.6 Å². The van der Waals surface area contributed by atoms with Gasteiger partial charge in [-0.05, 0) is 5.56 Å². The number of carbonyl (C=O) groups is 2. The van der Waals surface area contributed by atoms with E-state index in [0.717, 1.165) is 12.7 Å². The van der Waals surface area contributed by atoms with Crippen molar-refractivity contribution < 1.29 is 23.5 Å². The third-order valence-corrected chi connectivity index (χ3v) is 2.10. The summed E-state index contributed by atoms with van der Waals surface area (Å²) in [7, 11) is 1.07. The normalized spacial score (nSPS) is 11.4. The highest BCUT2D eigenvalue weighted by molar-refractivity contribution is 5.76. The van der Waals surface area contributed by atoms with Crippen LogP contribution in [0.3, 0.4) is 0 Å². The number of methoxy groups -OCH3 is 1. The molecule has 98 valence electrons. The van der Waals surface area contributed by atoms with Crippen molar-refractivity contribution in [1.29, 1.82) is 0 Å². The predicted molar refractivity (Wildman–Crippen MR) is 61.5 cm³/mol. The molecule has 1 aromatic carbocycles. The molecule has 1 amide bonds. The fraction of sp³-hybridized carbons (Fsp3) is 0.333. The maximum Gasteiger partial charge on any atom is 0.407 e. The van der Waals surface area contributed by atoms with E-state index in [1.54, 1.807) is 12.1 Å². The first-order chi connectivity index (χ1) is 8.63. The Kier molecular flexibility index (Phi) is 5.63. The van der Waals surface area contributed by atoms with E-state index in [1.165, 1.54) is 0 Å². The van der Waals surface area contributed by atoms with Crippen molar-refractivity contribution in [2.24, 2.45) is 0 Å². The Labute approximate surface area is 104 Å². The number of hydrogen-bond donors (Lipinski definition) is 1. The quantitative estimate of drug-likeness (QED) is 0.808. The molecule has 0 saturated carbocycles. The van der Waals surface area contributed by atoms with E-state index in [4.69, 9.17) is 4.74 Å². The average Bonchev–Trinajstić information content (AvgIpc) is 2.42. The Morgan fingerprint density at radius 3 is 2.61 bits per heavy atom. The standard InChI is InChI=1S/C12H14FNO4/c1-17-11(15)10(13)7-14-12(16)18-8-9-5-3-2-4-6-9/h2-6,10H,7-8H2,1H3,(H,14,16)/t10-/m1/s1. The fourth-order valence-corrected chi connectivity index (χ4v) is 1.16. The van der Waals surface area contributed by atoms with Crippen molar-refractivity contribution in [3.63, 3.8) is 0 Å². The minimum Gasteiger partial charge on any atom is -0.467 e. The molecular formula is C12H14FNO4. The number of rotatable bonds is 5. The number of alkyl carbamates (subject to hydrolysis) is 1. The van der Waals surface area contributed by atoms with Crippen LogP contribution in [0.1, 0.15) is 5.56 Å². The van der Waals surface area contributed by atoms with Gasteiger partial charge in [0.05, 0.1) is 13.7 Å². The predicted octanol–water partition coefficient (Wildman–Crippen LogP) is 1.42.